The zero-order chi connectivity index (χ0) is 31.9. The first kappa shape index (κ1) is 31.9. The summed E-state index contributed by atoms with van der Waals surface area (Å²) in [4.78, 5) is 59.5. The second-order valence-electron chi connectivity index (χ2n) is 12.1. The van der Waals surface area contributed by atoms with E-state index in [4.69, 9.17) is 25.2 Å². The van der Waals surface area contributed by atoms with E-state index in [1.165, 1.54) is 0 Å². The van der Waals surface area contributed by atoms with Gasteiger partial charge in [-0.1, -0.05) is 77.4 Å². The van der Waals surface area contributed by atoms with E-state index < -0.39 is 17.9 Å². The first-order valence-corrected chi connectivity index (χ1v) is 15.2. The van der Waals surface area contributed by atoms with Crippen molar-refractivity contribution in [2.75, 3.05) is 6.79 Å². The van der Waals surface area contributed by atoms with E-state index in [1.54, 1.807) is 6.08 Å². The number of carbonyl (C=O) groups excluding carboxylic acids is 2. The molecule has 1 aliphatic carbocycles. The van der Waals surface area contributed by atoms with Crippen LogP contribution >= 0.6 is 0 Å². The number of aliphatic carboxylic acids is 1. The molecule has 3 aromatic rings. The summed E-state index contributed by atoms with van der Waals surface area (Å²) in [5, 5.41) is 16.3. The van der Waals surface area contributed by atoms with E-state index in [0.717, 1.165) is 50.8 Å². The van der Waals surface area contributed by atoms with Crippen LogP contribution in [0.4, 0.5) is 0 Å². The molecule has 0 aromatic carbocycles. The Morgan fingerprint density at radius 1 is 1.04 bits per heavy atom. The number of hydrogen-bond donors (Lipinski definition) is 1. The Hall–Kier alpha value is -4.06. The van der Waals surface area contributed by atoms with Crippen LogP contribution in [-0.2, 0) is 25.4 Å². The number of hydrogen-bond acceptors (Lipinski definition) is 4. The topological polar surface area (TPSA) is 143 Å². The van der Waals surface area contributed by atoms with E-state index in [2.05, 4.69) is 18.0 Å². The van der Waals surface area contributed by atoms with Crippen LogP contribution in [0.5, 0.6) is 0 Å². The summed E-state index contributed by atoms with van der Waals surface area (Å²) in [5.74, 6) is -3.64. The minimum Gasteiger partial charge on any atom is -0.664 e. The molecule has 11 heteroatoms. The molecule has 8 bridgehead atoms. The fraction of sp³-hybridized carbons (Fsp3) is 0.343. The number of aromatic nitrogens is 3. The number of carboxylic acids is 1. The number of fused-ring (bicyclic) bond motifs is 7. The Morgan fingerprint density at radius 2 is 1.74 bits per heavy atom. The van der Waals surface area contributed by atoms with Crippen molar-refractivity contribution in [3.05, 3.63) is 90.1 Å². The maximum Gasteiger partial charge on any atom is 2.00 e. The zero-order valence-electron chi connectivity index (χ0n) is 26.6. The molecule has 2 saturated heterocycles. The van der Waals surface area contributed by atoms with Gasteiger partial charge in [0, 0.05) is 16.8 Å². The number of ketones is 1. The molecule has 0 spiro atoms. The fourth-order valence-electron chi connectivity index (χ4n) is 7.08. The number of Topliss-reactive ketones (excluding diaryl/α,β-unsaturated/α-hetero) is 1. The maximum atomic E-state index is 14.1. The quantitative estimate of drug-likeness (QED) is 0.109. The molecule has 0 saturated carbocycles. The monoisotopic (exact) mass is 629 g/mol. The molecular formula is C35H33MgN4O6-. The summed E-state index contributed by atoms with van der Waals surface area (Å²) in [6.45, 7) is 14.0. The van der Waals surface area contributed by atoms with Crippen LogP contribution in [0.25, 0.3) is 35.2 Å². The summed E-state index contributed by atoms with van der Waals surface area (Å²) in [7, 11) is 0. The molecule has 2 fully saturated rings. The van der Waals surface area contributed by atoms with Gasteiger partial charge in [-0.25, -0.2) is 0 Å². The van der Waals surface area contributed by atoms with Crippen molar-refractivity contribution in [1.82, 2.24) is 15.0 Å². The van der Waals surface area contributed by atoms with Crippen molar-refractivity contribution in [1.29, 1.82) is 0 Å². The Kier molecular flexibility index (Phi) is 8.06. The Labute approximate surface area is 282 Å². The van der Waals surface area contributed by atoms with E-state index in [-0.39, 0.29) is 60.3 Å². The van der Waals surface area contributed by atoms with Gasteiger partial charge in [0.15, 0.2) is 5.78 Å². The van der Waals surface area contributed by atoms with Crippen LogP contribution in [0.15, 0.2) is 18.0 Å². The Balaban J connectivity index is 0.00000372. The van der Waals surface area contributed by atoms with Gasteiger partial charge in [0.25, 0.3) is 0 Å². The van der Waals surface area contributed by atoms with Crippen LogP contribution in [0.2, 0.25) is 0 Å². The van der Waals surface area contributed by atoms with Crippen molar-refractivity contribution in [3.63, 3.8) is 0 Å². The maximum absolute atomic E-state index is 14.1. The number of nitrogens with zero attached hydrogens (tertiary/aromatic N) is 4. The molecule has 0 radical (unpaired) electrons. The molecule has 3 atom stereocenters. The Morgan fingerprint density at radius 3 is 2.39 bits per heavy atom. The van der Waals surface area contributed by atoms with E-state index >= 15 is 0 Å². The first-order valence-electron chi connectivity index (χ1n) is 15.2. The molecular weight excluding hydrogens is 597 g/mol. The smallest absolute Gasteiger partial charge is 0.664 e. The van der Waals surface area contributed by atoms with E-state index in [1.807, 2.05) is 45.9 Å². The van der Waals surface area contributed by atoms with Gasteiger partial charge in [0.05, 0.1) is 0 Å². The van der Waals surface area contributed by atoms with Gasteiger partial charge >= 0.3 is 41.8 Å². The predicted octanol–water partition coefficient (Wildman–Crippen LogP) is 3.33. The van der Waals surface area contributed by atoms with Crippen molar-refractivity contribution in [3.8, 4) is 0 Å². The third kappa shape index (κ3) is 4.83. The number of rotatable bonds is 6. The molecule has 0 amide bonds. The largest absolute Gasteiger partial charge is 2.00 e. The van der Waals surface area contributed by atoms with Gasteiger partial charge in [0.1, 0.15) is 0 Å². The van der Waals surface area contributed by atoms with Crippen LogP contribution in [0.3, 0.4) is 0 Å². The minimum atomic E-state index is -1.20. The van der Waals surface area contributed by atoms with E-state index in [0.29, 0.717) is 39.5 Å². The summed E-state index contributed by atoms with van der Waals surface area (Å²) in [5.41, 5.74) is 9.09. The van der Waals surface area contributed by atoms with E-state index in [9.17, 15) is 19.5 Å². The van der Waals surface area contributed by atoms with Crippen molar-refractivity contribution in [2.45, 2.75) is 53.9 Å². The summed E-state index contributed by atoms with van der Waals surface area (Å²) < 4.78 is 2.07. The molecule has 232 valence electrons. The minimum absolute atomic E-state index is 0. The van der Waals surface area contributed by atoms with Gasteiger partial charge in [-0.05, 0) is 51.0 Å². The average Bonchev–Trinajstić information content (AvgIpc) is 3.45. The third-order valence-electron chi connectivity index (χ3n) is 9.67. The van der Waals surface area contributed by atoms with Crippen molar-refractivity contribution < 1.29 is 28.9 Å². The second kappa shape index (κ2) is 11.6. The van der Waals surface area contributed by atoms with Gasteiger partial charge in [-0.3, -0.25) is 9.59 Å². The van der Waals surface area contributed by atoms with Crippen molar-refractivity contribution >= 4 is 70.7 Å². The summed E-state index contributed by atoms with van der Waals surface area (Å²) >= 11 is 0. The molecule has 7 rings (SSSR count). The van der Waals surface area contributed by atoms with Crippen molar-refractivity contribution in [2.24, 2.45) is 17.8 Å². The molecule has 3 aromatic heterocycles. The molecule has 46 heavy (non-hydrogen) atoms. The van der Waals surface area contributed by atoms with Crippen LogP contribution in [-0.4, -0.2) is 52.7 Å². The molecule has 4 aliphatic rings. The standard InChI is InChI=1S/C35H35N4O6.Mg/c1-7-19-15(3)22-11-24-17(5)21(9-10-28(40)41)32(38-24)30-31(35(43)45-14-44-45)34(42)29-18(6)25(39-33(29)30)13-27-20(8-2)16(4)23(37-27)12-26(19)36-22;/h7,11-13,17,21,31H,1,8-10,14H2,2-6H3,(H3,38,39,40,41,42);/q-1;+2/p-2/b23-12-,24-11-,27-13-;/t17-,21-,31+;/m0./s1. The molecule has 3 aliphatic heterocycles. The average molecular weight is 630 g/mol. The van der Waals surface area contributed by atoms with Crippen LogP contribution in [0.1, 0.15) is 87.6 Å². The number of carboxylic acid groups (broad SMARTS) is 1. The normalized spacial score (nSPS) is 25.1. The number of carbonyl (C=O) groups is 3. The third-order valence-corrected chi connectivity index (χ3v) is 9.67. The SMILES string of the molecule is C=Cc1c2[n-]c(c1C)/C=C1\[N-]/C(=C3\c4[n-]c(c(C)c4C(=O)[C@@H]3C(=O)[O+]3CO3)/C=c3\[n-]/c(c(C)c3CC)=C\2)[C@@H](CCC(=O)O)[C@@H]1C.[Mg+2]. The van der Waals surface area contributed by atoms with Crippen LogP contribution < -0.4 is 25.7 Å². The van der Waals surface area contributed by atoms with Crippen LogP contribution in [0, 0.1) is 38.5 Å². The number of allylic oxidation sites excluding steroid dienone is 2. The second-order valence-corrected chi connectivity index (χ2v) is 12.1. The molecule has 0 unspecified atom stereocenters. The Bertz CT molecular complexity index is 2040. The first-order chi connectivity index (χ1) is 21.5. The predicted molar refractivity (Wildman–Crippen MR) is 173 cm³/mol. The molecule has 10 nitrogen and oxygen atoms in total. The molecule has 1 N–H and O–H groups in total. The fourth-order valence-corrected chi connectivity index (χ4v) is 7.08. The summed E-state index contributed by atoms with van der Waals surface area (Å²) in [6.07, 6.45) is 8.53. The zero-order valence-corrected chi connectivity index (χ0v) is 28.0. The molecule has 6 heterocycles. The van der Waals surface area contributed by atoms with Gasteiger partial charge in [0.2, 0.25) is 5.92 Å². The van der Waals surface area contributed by atoms with Gasteiger partial charge < -0.3 is 29.9 Å². The summed E-state index contributed by atoms with van der Waals surface area (Å²) in [6, 6.07) is 0. The van der Waals surface area contributed by atoms with Gasteiger partial charge in [-0.15, -0.1) is 33.5 Å². The van der Waals surface area contributed by atoms with Gasteiger partial charge in [-0.2, -0.15) is 11.4 Å².